The van der Waals surface area contributed by atoms with Crippen molar-refractivity contribution < 1.29 is 9.90 Å². The van der Waals surface area contributed by atoms with Crippen molar-refractivity contribution in [2.45, 2.75) is 13.3 Å². The smallest absolute Gasteiger partial charge is 0.307 e. The fraction of sp³-hybridized carbons (Fsp3) is 0.0909. The largest absolute Gasteiger partial charge is 0.481 e. The van der Waals surface area contributed by atoms with Crippen molar-refractivity contribution in [3.05, 3.63) is 78.2 Å². The Labute approximate surface area is 178 Å². The predicted octanol–water partition coefficient (Wildman–Crippen LogP) is 3.75. The second-order valence-corrected chi connectivity index (χ2v) is 6.71. The lowest BCUT2D eigenvalue weighted by Gasteiger charge is -2.09. The van der Waals surface area contributed by atoms with Gasteiger partial charge in [-0.25, -0.2) is 19.9 Å². The van der Waals surface area contributed by atoms with Crippen molar-refractivity contribution in [2.24, 2.45) is 0 Å². The number of aryl methyl sites for hydroxylation is 1. The number of carboxylic acid groups (broad SMARTS) is 1. The maximum atomic E-state index is 10.8. The number of nitrogens with one attached hydrogen (secondary N) is 2. The summed E-state index contributed by atoms with van der Waals surface area (Å²) in [6.07, 6.45) is 3.27. The highest BCUT2D eigenvalue weighted by molar-refractivity contribution is 5.70. The highest BCUT2D eigenvalue weighted by Gasteiger charge is 2.07. The molecular weight excluding hydrogens is 394 g/mol. The van der Waals surface area contributed by atoms with Crippen LogP contribution < -0.4 is 10.6 Å². The van der Waals surface area contributed by atoms with Crippen molar-refractivity contribution in [3.8, 4) is 11.5 Å². The van der Waals surface area contributed by atoms with Crippen molar-refractivity contribution in [1.29, 1.82) is 0 Å². The Kier molecular flexibility index (Phi) is 5.75. The van der Waals surface area contributed by atoms with E-state index in [4.69, 9.17) is 5.11 Å². The fourth-order valence-electron chi connectivity index (χ4n) is 2.85. The minimum atomic E-state index is -0.867. The lowest BCUT2D eigenvalue weighted by molar-refractivity contribution is -0.136. The number of hydrogen-bond donors (Lipinski definition) is 3. The third-order valence-electron chi connectivity index (χ3n) is 4.25. The molecule has 31 heavy (non-hydrogen) atoms. The minimum Gasteiger partial charge on any atom is -0.481 e. The van der Waals surface area contributed by atoms with Gasteiger partial charge in [-0.05, 0) is 48.9 Å². The molecule has 0 saturated carbocycles. The third kappa shape index (κ3) is 5.36. The molecule has 9 heteroatoms. The number of hydrogen-bond acceptors (Lipinski definition) is 8. The lowest BCUT2D eigenvalue weighted by Crippen LogP contribution is -2.03. The van der Waals surface area contributed by atoms with E-state index in [2.05, 4.69) is 35.6 Å². The van der Waals surface area contributed by atoms with E-state index in [1.807, 2.05) is 25.1 Å². The standard InChI is InChI=1S/C22H19N7O2/c1-14-3-2-4-17(25-14)21-23-11-9-18(28-21)27-19-10-12-24-22(29-19)26-16-7-5-15(6-8-16)13-20(30)31/h2-12H,13H2,1H3,(H,30,31)(H2,23,24,26,27,28,29). The monoisotopic (exact) mass is 413 g/mol. The Balaban J connectivity index is 1.48. The van der Waals surface area contributed by atoms with Gasteiger partial charge in [-0.1, -0.05) is 18.2 Å². The van der Waals surface area contributed by atoms with Crippen LogP contribution in [0.1, 0.15) is 11.3 Å². The summed E-state index contributed by atoms with van der Waals surface area (Å²) in [4.78, 5) is 32.7. The number of nitrogens with zero attached hydrogens (tertiary/aromatic N) is 5. The highest BCUT2D eigenvalue weighted by atomic mass is 16.4. The first-order valence-corrected chi connectivity index (χ1v) is 9.50. The quantitative estimate of drug-likeness (QED) is 0.415. The second kappa shape index (κ2) is 8.95. The summed E-state index contributed by atoms with van der Waals surface area (Å²) in [5.74, 6) is 1.18. The molecule has 0 atom stereocenters. The number of aliphatic carboxylic acids is 1. The molecule has 0 spiro atoms. The van der Waals surface area contributed by atoms with E-state index in [1.54, 1.807) is 48.8 Å². The molecule has 1 aromatic carbocycles. The summed E-state index contributed by atoms with van der Waals surface area (Å²) in [6, 6.07) is 16.2. The predicted molar refractivity (Wildman–Crippen MR) is 116 cm³/mol. The van der Waals surface area contributed by atoms with Crippen LogP contribution in [0.15, 0.2) is 67.0 Å². The summed E-state index contributed by atoms with van der Waals surface area (Å²) in [7, 11) is 0. The van der Waals surface area contributed by atoms with Crippen molar-refractivity contribution in [1.82, 2.24) is 24.9 Å². The van der Waals surface area contributed by atoms with Gasteiger partial charge in [-0.15, -0.1) is 0 Å². The SMILES string of the molecule is Cc1cccc(-c2nccc(Nc3ccnc(Nc4ccc(CC(=O)O)cc4)n3)n2)n1. The molecule has 0 aliphatic carbocycles. The Morgan fingerprint density at radius 3 is 2.35 bits per heavy atom. The van der Waals surface area contributed by atoms with Gasteiger partial charge in [0.2, 0.25) is 5.95 Å². The van der Waals surface area contributed by atoms with Crippen LogP contribution in [0.3, 0.4) is 0 Å². The molecule has 3 aromatic heterocycles. The first kappa shape index (κ1) is 19.9. The second-order valence-electron chi connectivity index (χ2n) is 6.71. The van der Waals surface area contributed by atoms with E-state index >= 15 is 0 Å². The van der Waals surface area contributed by atoms with E-state index in [9.17, 15) is 4.79 Å². The Morgan fingerprint density at radius 2 is 1.61 bits per heavy atom. The number of carbonyl (C=O) groups is 1. The number of pyridine rings is 1. The number of carboxylic acids is 1. The van der Waals surface area contributed by atoms with E-state index < -0.39 is 5.97 Å². The molecule has 0 bridgehead atoms. The van der Waals surface area contributed by atoms with Crippen LogP contribution in [-0.4, -0.2) is 36.0 Å². The summed E-state index contributed by atoms with van der Waals surface area (Å²) in [5, 5.41) is 15.1. The zero-order valence-corrected chi connectivity index (χ0v) is 16.6. The van der Waals surface area contributed by atoms with E-state index in [1.165, 1.54) is 0 Å². The normalized spacial score (nSPS) is 10.5. The molecule has 154 valence electrons. The molecule has 4 rings (SSSR count). The summed E-state index contributed by atoms with van der Waals surface area (Å²) >= 11 is 0. The summed E-state index contributed by atoms with van der Waals surface area (Å²) in [5.41, 5.74) is 3.06. The Bertz CT molecular complexity index is 1210. The fourth-order valence-corrected chi connectivity index (χ4v) is 2.85. The maximum absolute atomic E-state index is 10.8. The molecule has 3 heterocycles. The molecule has 0 aliphatic heterocycles. The summed E-state index contributed by atoms with van der Waals surface area (Å²) < 4.78 is 0. The highest BCUT2D eigenvalue weighted by Crippen LogP contribution is 2.19. The number of aromatic nitrogens is 5. The van der Waals surface area contributed by atoms with E-state index in [0.29, 0.717) is 29.1 Å². The maximum Gasteiger partial charge on any atom is 0.307 e. The molecule has 3 N–H and O–H groups in total. The van der Waals surface area contributed by atoms with Gasteiger partial charge in [0.05, 0.1) is 6.42 Å². The van der Waals surface area contributed by atoms with Crippen LogP contribution in [0.25, 0.3) is 11.5 Å². The molecule has 9 nitrogen and oxygen atoms in total. The van der Waals surface area contributed by atoms with Crippen molar-refractivity contribution >= 4 is 29.2 Å². The Hall–Kier alpha value is -4.40. The number of benzene rings is 1. The van der Waals surface area contributed by atoms with Gasteiger partial charge in [-0.2, -0.15) is 4.98 Å². The van der Waals surface area contributed by atoms with E-state index in [-0.39, 0.29) is 6.42 Å². The van der Waals surface area contributed by atoms with Gasteiger partial charge in [0.15, 0.2) is 5.82 Å². The first-order valence-electron chi connectivity index (χ1n) is 9.50. The zero-order valence-electron chi connectivity index (χ0n) is 16.6. The van der Waals surface area contributed by atoms with Gasteiger partial charge in [0.25, 0.3) is 0 Å². The molecule has 0 unspecified atom stereocenters. The number of anilines is 4. The van der Waals surface area contributed by atoms with Gasteiger partial charge in [-0.3, -0.25) is 4.79 Å². The van der Waals surface area contributed by atoms with Crippen molar-refractivity contribution in [3.63, 3.8) is 0 Å². The van der Waals surface area contributed by atoms with Crippen LogP contribution in [0.2, 0.25) is 0 Å². The molecule has 0 saturated heterocycles. The zero-order chi connectivity index (χ0) is 21.6. The minimum absolute atomic E-state index is 0.0187. The van der Waals surface area contributed by atoms with Crippen LogP contribution in [0.4, 0.5) is 23.3 Å². The van der Waals surface area contributed by atoms with E-state index in [0.717, 1.165) is 16.9 Å². The Morgan fingerprint density at radius 1 is 0.871 bits per heavy atom. The van der Waals surface area contributed by atoms with Gasteiger partial charge >= 0.3 is 5.97 Å². The third-order valence-corrected chi connectivity index (χ3v) is 4.25. The average Bonchev–Trinajstić information content (AvgIpc) is 2.75. The molecule has 0 fully saturated rings. The molecule has 0 aliphatic rings. The van der Waals surface area contributed by atoms with Crippen molar-refractivity contribution in [2.75, 3.05) is 10.6 Å². The van der Waals surface area contributed by atoms with Crippen LogP contribution >= 0.6 is 0 Å². The molecular formula is C22H19N7O2. The first-order chi connectivity index (χ1) is 15.0. The van der Waals surface area contributed by atoms with Gasteiger partial charge < -0.3 is 15.7 Å². The van der Waals surface area contributed by atoms with Gasteiger partial charge in [0, 0.05) is 23.8 Å². The lowest BCUT2D eigenvalue weighted by atomic mass is 10.1. The van der Waals surface area contributed by atoms with Crippen LogP contribution in [0.5, 0.6) is 0 Å². The molecule has 4 aromatic rings. The molecule has 0 radical (unpaired) electrons. The van der Waals surface area contributed by atoms with Gasteiger partial charge in [0.1, 0.15) is 17.3 Å². The van der Waals surface area contributed by atoms with Crippen LogP contribution in [0, 0.1) is 6.92 Å². The summed E-state index contributed by atoms with van der Waals surface area (Å²) in [6.45, 7) is 1.92. The van der Waals surface area contributed by atoms with Crippen LogP contribution in [-0.2, 0) is 11.2 Å². The average molecular weight is 413 g/mol. The molecule has 0 amide bonds. The number of rotatable bonds is 7. The topological polar surface area (TPSA) is 126 Å².